The lowest BCUT2D eigenvalue weighted by Crippen LogP contribution is -2.63. The summed E-state index contributed by atoms with van der Waals surface area (Å²) < 4.78 is -0.730. The highest BCUT2D eigenvalue weighted by atomic mass is 32.2. The second-order valence-corrected chi connectivity index (χ2v) is 15.8. The maximum absolute atomic E-state index is 15.0. The number of carbonyl (C=O) groups excluding carboxylic acids is 3. The maximum atomic E-state index is 15.0. The Morgan fingerprint density at radius 2 is 1.77 bits per heavy atom. The Labute approximate surface area is 246 Å². The van der Waals surface area contributed by atoms with Gasteiger partial charge in [-0.05, 0) is 43.9 Å². The smallest absolute Gasteiger partial charge is 0.247 e. The Kier molecular flexibility index (Phi) is 9.67. The van der Waals surface area contributed by atoms with Crippen LogP contribution >= 0.6 is 11.8 Å². The molecule has 3 saturated heterocycles. The molecule has 3 aliphatic rings. The first-order chi connectivity index (χ1) is 18.5. The molecule has 2 bridgehead atoms. The quantitative estimate of drug-likeness (QED) is 0.344. The summed E-state index contributed by atoms with van der Waals surface area (Å²) in [7, 11) is 1.76. The van der Waals surface area contributed by atoms with Crippen molar-refractivity contribution in [3.8, 4) is 0 Å². The number of hydrogen-bond acceptors (Lipinski definition) is 5. The van der Waals surface area contributed by atoms with Crippen LogP contribution in [0.15, 0.2) is 25.3 Å². The largest absolute Gasteiger partial charge is 0.394 e. The van der Waals surface area contributed by atoms with Crippen LogP contribution in [0, 0.1) is 29.1 Å². The molecule has 3 unspecified atom stereocenters. The number of rotatable bonds is 12. The molecule has 0 saturated carbocycles. The van der Waals surface area contributed by atoms with Crippen LogP contribution in [-0.2, 0) is 14.4 Å². The van der Waals surface area contributed by atoms with Gasteiger partial charge in [-0.25, -0.2) is 0 Å². The van der Waals surface area contributed by atoms with Gasteiger partial charge in [-0.1, -0.05) is 60.1 Å². The Morgan fingerprint density at radius 3 is 2.27 bits per heavy atom. The molecule has 0 radical (unpaired) electrons. The van der Waals surface area contributed by atoms with E-state index in [0.717, 1.165) is 19.3 Å². The maximum Gasteiger partial charge on any atom is 0.247 e. The summed E-state index contributed by atoms with van der Waals surface area (Å²) >= 11 is 1.69. The minimum Gasteiger partial charge on any atom is -0.394 e. The summed E-state index contributed by atoms with van der Waals surface area (Å²) in [5.41, 5.74) is -0.525. The first kappa shape index (κ1) is 32.7. The van der Waals surface area contributed by atoms with E-state index in [4.69, 9.17) is 0 Å². The molecular weight excluding hydrogens is 522 g/mol. The Morgan fingerprint density at radius 1 is 1.18 bits per heavy atom. The van der Waals surface area contributed by atoms with Crippen LogP contribution in [0.3, 0.4) is 0 Å². The van der Waals surface area contributed by atoms with Crippen molar-refractivity contribution >= 4 is 29.5 Å². The molecule has 3 heterocycles. The number of fused-ring (bicyclic) bond motifs is 1. The molecule has 3 aliphatic heterocycles. The highest BCUT2D eigenvalue weighted by Crippen LogP contribution is 2.69. The lowest BCUT2D eigenvalue weighted by molar-refractivity contribution is -0.150. The minimum atomic E-state index is -0.761. The van der Waals surface area contributed by atoms with Gasteiger partial charge in [0, 0.05) is 30.9 Å². The first-order valence-electron chi connectivity index (χ1n) is 14.9. The van der Waals surface area contributed by atoms with E-state index >= 15 is 4.79 Å². The molecule has 3 fully saturated rings. The monoisotopic (exact) mass is 575 g/mol. The lowest BCUT2D eigenvalue weighted by atomic mass is 9.65. The number of nitrogens with zero attached hydrogens (tertiary/aromatic N) is 3. The van der Waals surface area contributed by atoms with E-state index in [1.165, 1.54) is 0 Å². The number of amides is 3. The van der Waals surface area contributed by atoms with Gasteiger partial charge in [-0.15, -0.1) is 24.9 Å². The molecule has 7 nitrogen and oxygen atoms in total. The van der Waals surface area contributed by atoms with Crippen LogP contribution in [0.2, 0.25) is 0 Å². The van der Waals surface area contributed by atoms with Crippen molar-refractivity contribution in [2.75, 3.05) is 26.7 Å². The third-order valence-corrected chi connectivity index (χ3v) is 11.7. The summed E-state index contributed by atoms with van der Waals surface area (Å²) in [6, 6.07) is -1.26. The number of thioether (sulfide) groups is 1. The fourth-order valence-electron chi connectivity index (χ4n) is 8.04. The molecule has 0 aromatic rings. The average Bonchev–Trinajstić information content (AvgIpc) is 3.44. The molecule has 0 aromatic heterocycles. The Hall–Kier alpha value is -1.80. The van der Waals surface area contributed by atoms with Crippen molar-refractivity contribution < 1.29 is 19.5 Å². The molecular formula is C32H53N3O4S. The molecule has 8 heteroatoms. The van der Waals surface area contributed by atoms with E-state index in [1.54, 1.807) is 40.8 Å². The van der Waals surface area contributed by atoms with E-state index in [1.807, 2.05) is 18.7 Å². The van der Waals surface area contributed by atoms with E-state index < -0.39 is 34.2 Å². The number of aliphatic hydroxyl groups excluding tert-OH is 1. The predicted octanol–water partition coefficient (Wildman–Crippen LogP) is 4.60. The normalized spacial score (nSPS) is 31.1. The molecule has 1 N–H and O–H groups in total. The molecule has 40 heavy (non-hydrogen) atoms. The summed E-state index contributed by atoms with van der Waals surface area (Å²) in [5, 5.41) is 10.6. The van der Waals surface area contributed by atoms with Crippen molar-refractivity contribution in [3.63, 3.8) is 0 Å². The predicted molar refractivity (Wildman–Crippen MR) is 164 cm³/mol. The highest BCUT2D eigenvalue weighted by Gasteiger charge is 2.77. The van der Waals surface area contributed by atoms with E-state index in [0.29, 0.717) is 13.1 Å². The van der Waals surface area contributed by atoms with Crippen molar-refractivity contribution in [3.05, 3.63) is 25.3 Å². The van der Waals surface area contributed by atoms with Crippen LogP contribution in [-0.4, -0.2) is 91.9 Å². The number of carbonyl (C=O) groups is 3. The number of likely N-dealkylation sites (tertiary alicyclic amines) is 1. The SMILES string of the molecule is C=CCN(C)C(=O)[C@@H]1[C@H]2C(=O)N([C@@H](CO)[C@@H](C)CC)C(C(=O)N(CC=C)C(C)(C)CC(C)(C)C)C23S[C@@H]1CC3C. The molecule has 3 amide bonds. The molecule has 1 spiro atoms. The molecule has 3 rings (SSSR count). The summed E-state index contributed by atoms with van der Waals surface area (Å²) in [5.74, 6) is -1.35. The van der Waals surface area contributed by atoms with Crippen LogP contribution in [0.4, 0.5) is 0 Å². The van der Waals surface area contributed by atoms with Gasteiger partial charge in [0.2, 0.25) is 17.7 Å². The van der Waals surface area contributed by atoms with E-state index in [9.17, 15) is 14.7 Å². The fraction of sp³-hybridized carbons (Fsp3) is 0.781. The van der Waals surface area contributed by atoms with Crippen molar-refractivity contribution in [2.45, 2.75) is 102 Å². The zero-order valence-corrected chi connectivity index (χ0v) is 27.1. The third kappa shape index (κ3) is 5.39. The zero-order valence-electron chi connectivity index (χ0n) is 26.3. The van der Waals surface area contributed by atoms with Gasteiger partial charge >= 0.3 is 0 Å². The van der Waals surface area contributed by atoms with Crippen molar-refractivity contribution in [1.29, 1.82) is 0 Å². The second-order valence-electron chi connectivity index (χ2n) is 14.2. The summed E-state index contributed by atoms with van der Waals surface area (Å²) in [4.78, 5) is 48.7. The van der Waals surface area contributed by atoms with Crippen molar-refractivity contribution in [1.82, 2.24) is 14.7 Å². The van der Waals surface area contributed by atoms with Crippen LogP contribution in [0.5, 0.6) is 0 Å². The van der Waals surface area contributed by atoms with Gasteiger partial charge in [-0.3, -0.25) is 14.4 Å². The molecule has 8 atom stereocenters. The van der Waals surface area contributed by atoms with Crippen LogP contribution in [0.1, 0.15) is 74.7 Å². The van der Waals surface area contributed by atoms with Gasteiger partial charge in [0.25, 0.3) is 0 Å². The summed E-state index contributed by atoms with van der Waals surface area (Å²) in [6.45, 7) is 25.2. The van der Waals surface area contributed by atoms with Gasteiger partial charge in [-0.2, -0.15) is 0 Å². The molecule has 0 aliphatic carbocycles. The molecule has 226 valence electrons. The first-order valence-corrected chi connectivity index (χ1v) is 15.8. The number of likely N-dealkylation sites (N-methyl/N-ethyl adjacent to an activating group) is 1. The van der Waals surface area contributed by atoms with Crippen LogP contribution in [0.25, 0.3) is 0 Å². The van der Waals surface area contributed by atoms with Gasteiger partial charge in [0.1, 0.15) is 6.04 Å². The van der Waals surface area contributed by atoms with Crippen molar-refractivity contribution in [2.24, 2.45) is 29.1 Å². The minimum absolute atomic E-state index is 0.00925. The Balaban J connectivity index is 2.22. The van der Waals surface area contributed by atoms with Gasteiger partial charge in [0.15, 0.2) is 0 Å². The molecule has 0 aromatic carbocycles. The van der Waals surface area contributed by atoms with E-state index in [2.05, 4.69) is 54.7 Å². The van der Waals surface area contributed by atoms with Crippen LogP contribution < -0.4 is 0 Å². The third-order valence-electron chi connectivity index (χ3n) is 9.60. The Bertz CT molecular complexity index is 1010. The lowest BCUT2D eigenvalue weighted by Gasteiger charge is -2.48. The van der Waals surface area contributed by atoms with E-state index in [-0.39, 0.29) is 46.8 Å². The number of hydrogen-bond donors (Lipinski definition) is 1. The topological polar surface area (TPSA) is 81.2 Å². The zero-order chi connectivity index (χ0) is 30.4. The number of aliphatic hydroxyl groups is 1. The van der Waals surface area contributed by atoms with Gasteiger partial charge in [0.05, 0.1) is 29.2 Å². The standard InChI is InChI=1S/C32H53N3O4S/c1-12-15-33(11)27(37)24-23-17-21(5)32(40-23)25(24)28(38)35(22(18-36)20(4)14-3)26(32)29(39)34(16-13-2)31(9,10)19-30(6,7)8/h12-13,20-26,36H,1-2,14-19H2,3-11H3/t20-,21?,22-,23+,24-,25-,26?,32?/m0/s1. The highest BCUT2D eigenvalue weighted by molar-refractivity contribution is 8.02. The van der Waals surface area contributed by atoms with Gasteiger partial charge < -0.3 is 19.8 Å². The average molecular weight is 576 g/mol. The fourth-order valence-corrected chi connectivity index (χ4v) is 10.4. The summed E-state index contributed by atoms with van der Waals surface area (Å²) in [6.07, 6.45) is 5.76. The second kappa shape index (κ2) is 11.8.